The maximum atomic E-state index is 5.15. The highest BCUT2D eigenvalue weighted by molar-refractivity contribution is 5.08. The largest absolute Gasteiger partial charge is 0.472 e. The van der Waals surface area contributed by atoms with Gasteiger partial charge in [0.25, 0.3) is 0 Å². The standard InChI is InChI=1S/C14H20N2O/c1-2-6-15-7-3-14-13(15)4-8-16(14)10-12-5-9-17-11-12/h2,5,9,11,13-14H,1,3-4,6-8,10H2/t13-,14+/m0/s1. The predicted octanol–water partition coefficient (Wildman–Crippen LogP) is 2.11. The van der Waals surface area contributed by atoms with Crippen LogP contribution in [0.2, 0.25) is 0 Å². The zero-order valence-electron chi connectivity index (χ0n) is 10.2. The Morgan fingerprint density at radius 1 is 1.29 bits per heavy atom. The molecule has 0 radical (unpaired) electrons. The molecule has 3 heteroatoms. The Hall–Kier alpha value is -1.06. The van der Waals surface area contributed by atoms with Crippen LogP contribution >= 0.6 is 0 Å². The topological polar surface area (TPSA) is 19.6 Å². The maximum Gasteiger partial charge on any atom is 0.0947 e. The van der Waals surface area contributed by atoms with Crippen molar-refractivity contribution in [3.63, 3.8) is 0 Å². The molecule has 1 aromatic heterocycles. The number of fused-ring (bicyclic) bond motifs is 1. The average Bonchev–Trinajstić information content (AvgIpc) is 3.00. The van der Waals surface area contributed by atoms with Gasteiger partial charge in [-0.15, -0.1) is 6.58 Å². The van der Waals surface area contributed by atoms with Gasteiger partial charge in [0, 0.05) is 43.8 Å². The van der Waals surface area contributed by atoms with Crippen molar-refractivity contribution in [1.29, 1.82) is 0 Å². The van der Waals surface area contributed by atoms with E-state index in [1.807, 2.05) is 12.3 Å². The molecule has 0 amide bonds. The Morgan fingerprint density at radius 2 is 2.06 bits per heavy atom. The highest BCUT2D eigenvalue weighted by Crippen LogP contribution is 2.32. The van der Waals surface area contributed by atoms with Gasteiger partial charge in [-0.05, 0) is 18.9 Å². The molecule has 2 atom stereocenters. The first-order chi connectivity index (χ1) is 8.38. The lowest BCUT2D eigenvalue weighted by atomic mass is 10.1. The number of furan rings is 1. The summed E-state index contributed by atoms with van der Waals surface area (Å²) < 4.78 is 5.15. The van der Waals surface area contributed by atoms with E-state index in [1.54, 1.807) is 6.26 Å². The molecule has 3 heterocycles. The van der Waals surface area contributed by atoms with Gasteiger partial charge >= 0.3 is 0 Å². The molecule has 3 nitrogen and oxygen atoms in total. The average molecular weight is 232 g/mol. The van der Waals surface area contributed by atoms with Gasteiger partial charge in [0.1, 0.15) is 0 Å². The van der Waals surface area contributed by atoms with Crippen molar-refractivity contribution in [2.24, 2.45) is 0 Å². The molecule has 3 rings (SSSR count). The van der Waals surface area contributed by atoms with Gasteiger partial charge in [-0.1, -0.05) is 6.08 Å². The summed E-state index contributed by atoms with van der Waals surface area (Å²) in [5.41, 5.74) is 1.30. The zero-order valence-corrected chi connectivity index (χ0v) is 10.2. The van der Waals surface area contributed by atoms with E-state index in [2.05, 4.69) is 22.4 Å². The van der Waals surface area contributed by atoms with E-state index in [0.29, 0.717) is 0 Å². The minimum atomic E-state index is 0.741. The van der Waals surface area contributed by atoms with Crippen LogP contribution < -0.4 is 0 Å². The third-order valence-corrected chi connectivity index (χ3v) is 4.14. The van der Waals surface area contributed by atoms with Crippen LogP contribution in [0.25, 0.3) is 0 Å². The number of nitrogens with zero attached hydrogens (tertiary/aromatic N) is 2. The first-order valence-electron chi connectivity index (χ1n) is 6.48. The lowest BCUT2D eigenvalue weighted by Gasteiger charge is -2.24. The summed E-state index contributed by atoms with van der Waals surface area (Å²) in [7, 11) is 0. The van der Waals surface area contributed by atoms with Crippen LogP contribution in [0.1, 0.15) is 18.4 Å². The molecular weight excluding hydrogens is 212 g/mol. The Morgan fingerprint density at radius 3 is 2.76 bits per heavy atom. The molecule has 0 bridgehead atoms. The Balaban J connectivity index is 1.64. The second-order valence-corrected chi connectivity index (χ2v) is 5.10. The first kappa shape index (κ1) is 11.1. The fourth-order valence-corrected chi connectivity index (χ4v) is 3.37. The summed E-state index contributed by atoms with van der Waals surface area (Å²) >= 11 is 0. The van der Waals surface area contributed by atoms with Gasteiger partial charge in [-0.2, -0.15) is 0 Å². The van der Waals surface area contributed by atoms with Gasteiger partial charge in [-0.3, -0.25) is 9.80 Å². The van der Waals surface area contributed by atoms with Crippen LogP contribution in [0, 0.1) is 0 Å². The van der Waals surface area contributed by atoms with Crippen LogP contribution in [0.5, 0.6) is 0 Å². The minimum Gasteiger partial charge on any atom is -0.472 e. The normalized spacial score (nSPS) is 29.6. The van der Waals surface area contributed by atoms with E-state index >= 15 is 0 Å². The van der Waals surface area contributed by atoms with Crippen LogP contribution in [0.4, 0.5) is 0 Å². The zero-order chi connectivity index (χ0) is 11.7. The van der Waals surface area contributed by atoms with Gasteiger partial charge in [-0.25, -0.2) is 0 Å². The predicted molar refractivity (Wildman–Crippen MR) is 67.7 cm³/mol. The monoisotopic (exact) mass is 232 g/mol. The summed E-state index contributed by atoms with van der Waals surface area (Å²) in [6.07, 6.45) is 8.26. The summed E-state index contributed by atoms with van der Waals surface area (Å²) in [5.74, 6) is 0. The summed E-state index contributed by atoms with van der Waals surface area (Å²) in [5, 5.41) is 0. The highest BCUT2D eigenvalue weighted by Gasteiger charge is 2.41. The van der Waals surface area contributed by atoms with E-state index in [0.717, 1.165) is 25.2 Å². The Kier molecular flexibility index (Phi) is 3.04. The lowest BCUT2D eigenvalue weighted by molar-refractivity contribution is 0.225. The van der Waals surface area contributed by atoms with Crippen molar-refractivity contribution >= 4 is 0 Å². The molecular formula is C14H20N2O. The third-order valence-electron chi connectivity index (χ3n) is 4.14. The van der Waals surface area contributed by atoms with E-state index in [1.165, 1.54) is 31.5 Å². The molecule has 92 valence electrons. The molecule has 0 aromatic carbocycles. The minimum absolute atomic E-state index is 0.741. The summed E-state index contributed by atoms with van der Waals surface area (Å²) in [6, 6.07) is 3.56. The third kappa shape index (κ3) is 2.05. The number of hydrogen-bond donors (Lipinski definition) is 0. The SMILES string of the molecule is C=CCN1CC[C@@H]2[C@@H]1CCN2Cc1ccoc1. The van der Waals surface area contributed by atoms with E-state index < -0.39 is 0 Å². The molecule has 2 fully saturated rings. The molecule has 17 heavy (non-hydrogen) atoms. The number of rotatable bonds is 4. The van der Waals surface area contributed by atoms with Crippen molar-refractivity contribution in [2.45, 2.75) is 31.5 Å². The summed E-state index contributed by atoms with van der Waals surface area (Å²) in [4.78, 5) is 5.19. The molecule has 0 unspecified atom stereocenters. The van der Waals surface area contributed by atoms with Crippen molar-refractivity contribution in [3.8, 4) is 0 Å². The van der Waals surface area contributed by atoms with Crippen LogP contribution in [-0.2, 0) is 6.54 Å². The van der Waals surface area contributed by atoms with Crippen LogP contribution in [-0.4, -0.2) is 41.5 Å². The number of hydrogen-bond acceptors (Lipinski definition) is 3. The number of likely N-dealkylation sites (tertiary alicyclic amines) is 2. The molecule has 2 aliphatic rings. The van der Waals surface area contributed by atoms with Gasteiger partial charge < -0.3 is 4.42 Å². The first-order valence-corrected chi connectivity index (χ1v) is 6.48. The van der Waals surface area contributed by atoms with E-state index in [9.17, 15) is 0 Å². The van der Waals surface area contributed by atoms with E-state index in [-0.39, 0.29) is 0 Å². The van der Waals surface area contributed by atoms with Crippen molar-refractivity contribution in [3.05, 3.63) is 36.8 Å². The van der Waals surface area contributed by atoms with Gasteiger partial charge in [0.15, 0.2) is 0 Å². The van der Waals surface area contributed by atoms with Gasteiger partial charge in [0.05, 0.1) is 12.5 Å². The second kappa shape index (κ2) is 4.67. The van der Waals surface area contributed by atoms with Crippen molar-refractivity contribution in [2.75, 3.05) is 19.6 Å². The maximum absolute atomic E-state index is 5.15. The quantitative estimate of drug-likeness (QED) is 0.741. The second-order valence-electron chi connectivity index (χ2n) is 5.10. The van der Waals surface area contributed by atoms with Crippen molar-refractivity contribution in [1.82, 2.24) is 9.80 Å². The molecule has 2 saturated heterocycles. The smallest absolute Gasteiger partial charge is 0.0947 e. The molecule has 1 aromatic rings. The van der Waals surface area contributed by atoms with Crippen molar-refractivity contribution < 1.29 is 4.42 Å². The lowest BCUT2D eigenvalue weighted by Crippen LogP contribution is -2.36. The molecule has 0 N–H and O–H groups in total. The molecule has 2 aliphatic heterocycles. The molecule has 0 spiro atoms. The van der Waals surface area contributed by atoms with Crippen LogP contribution in [0.15, 0.2) is 35.7 Å². The molecule has 0 aliphatic carbocycles. The van der Waals surface area contributed by atoms with Gasteiger partial charge in [0.2, 0.25) is 0 Å². The highest BCUT2D eigenvalue weighted by atomic mass is 16.3. The fraction of sp³-hybridized carbons (Fsp3) is 0.571. The Bertz CT molecular complexity index is 374. The van der Waals surface area contributed by atoms with E-state index in [4.69, 9.17) is 4.42 Å². The summed E-state index contributed by atoms with van der Waals surface area (Å²) in [6.45, 7) is 8.38. The fourth-order valence-electron chi connectivity index (χ4n) is 3.37. The van der Waals surface area contributed by atoms with Crippen LogP contribution in [0.3, 0.4) is 0 Å². The Labute approximate surface area is 103 Å². The molecule has 0 saturated carbocycles.